The van der Waals surface area contributed by atoms with Crippen LogP contribution in [0.1, 0.15) is 21.6 Å². The summed E-state index contributed by atoms with van der Waals surface area (Å²) in [4.78, 5) is 15.3. The molecule has 1 amide bonds. The quantitative estimate of drug-likeness (QED) is 0.789. The molecule has 8 heteroatoms. The smallest absolute Gasteiger partial charge is 0.348 e. The average molecular weight is 346 g/mol. The first-order valence-electron chi connectivity index (χ1n) is 7.34. The van der Waals surface area contributed by atoms with Crippen molar-refractivity contribution in [3.8, 4) is 5.69 Å². The standard InChI is InChI=1S/C17H13F3N4O/c18-17(19,20)15-7-6-13(10-21-15)16(25)22-8-12-9-23-24(11-12)14-4-2-1-3-5-14/h1-7,9-11H,8H2,(H,22,25). The number of nitrogens with one attached hydrogen (secondary N) is 1. The number of rotatable bonds is 4. The van der Waals surface area contributed by atoms with E-state index in [1.807, 2.05) is 30.3 Å². The normalized spacial score (nSPS) is 11.3. The van der Waals surface area contributed by atoms with Gasteiger partial charge in [0.05, 0.1) is 17.4 Å². The summed E-state index contributed by atoms with van der Waals surface area (Å²) in [5.74, 6) is -0.506. The maximum Gasteiger partial charge on any atom is 0.433 e. The van der Waals surface area contributed by atoms with Gasteiger partial charge < -0.3 is 5.32 Å². The molecule has 3 aromatic rings. The molecule has 1 N–H and O–H groups in total. The first-order valence-corrected chi connectivity index (χ1v) is 7.34. The van der Waals surface area contributed by atoms with Gasteiger partial charge in [0.1, 0.15) is 5.69 Å². The molecular formula is C17H13F3N4O. The van der Waals surface area contributed by atoms with Gasteiger partial charge in [-0.1, -0.05) is 18.2 Å². The van der Waals surface area contributed by atoms with E-state index in [1.165, 1.54) is 0 Å². The fourth-order valence-corrected chi connectivity index (χ4v) is 2.15. The van der Waals surface area contributed by atoms with Crippen LogP contribution in [0.15, 0.2) is 61.1 Å². The Morgan fingerprint density at radius 2 is 1.84 bits per heavy atom. The summed E-state index contributed by atoms with van der Waals surface area (Å²) in [6.07, 6.45) is -0.245. The summed E-state index contributed by atoms with van der Waals surface area (Å²) in [5, 5.41) is 6.83. The number of aromatic nitrogens is 3. The summed E-state index contributed by atoms with van der Waals surface area (Å²) in [6.45, 7) is 0.201. The highest BCUT2D eigenvalue weighted by molar-refractivity contribution is 5.93. The van der Waals surface area contributed by atoms with Crippen molar-refractivity contribution in [1.29, 1.82) is 0 Å². The van der Waals surface area contributed by atoms with Gasteiger partial charge in [0.25, 0.3) is 5.91 Å². The summed E-state index contributed by atoms with van der Waals surface area (Å²) in [7, 11) is 0. The van der Waals surface area contributed by atoms with E-state index in [9.17, 15) is 18.0 Å². The highest BCUT2D eigenvalue weighted by Gasteiger charge is 2.32. The Hall–Kier alpha value is -3.16. The fourth-order valence-electron chi connectivity index (χ4n) is 2.15. The summed E-state index contributed by atoms with van der Waals surface area (Å²) in [6, 6.07) is 11.3. The van der Waals surface area contributed by atoms with Crippen LogP contribution in [0.3, 0.4) is 0 Å². The van der Waals surface area contributed by atoms with E-state index in [4.69, 9.17) is 0 Å². The third kappa shape index (κ3) is 4.03. The van der Waals surface area contributed by atoms with Gasteiger partial charge >= 0.3 is 6.18 Å². The van der Waals surface area contributed by atoms with E-state index in [2.05, 4.69) is 15.4 Å². The molecule has 2 aromatic heterocycles. The molecule has 0 saturated heterocycles. The molecule has 0 unspecified atom stereocenters. The molecule has 3 rings (SSSR count). The second-order valence-electron chi connectivity index (χ2n) is 5.24. The van der Waals surface area contributed by atoms with Crippen LogP contribution in [-0.4, -0.2) is 20.7 Å². The minimum atomic E-state index is -4.53. The maximum atomic E-state index is 12.5. The van der Waals surface area contributed by atoms with E-state index in [0.29, 0.717) is 0 Å². The molecule has 128 valence electrons. The molecule has 0 aliphatic carbocycles. The van der Waals surface area contributed by atoms with Gasteiger partial charge in [-0.25, -0.2) is 4.68 Å². The number of alkyl halides is 3. The molecule has 0 aliphatic heterocycles. The zero-order valence-electron chi connectivity index (χ0n) is 12.9. The lowest BCUT2D eigenvalue weighted by Crippen LogP contribution is -2.23. The summed E-state index contributed by atoms with van der Waals surface area (Å²) >= 11 is 0. The van der Waals surface area contributed by atoms with Crippen LogP contribution in [0, 0.1) is 0 Å². The zero-order valence-corrected chi connectivity index (χ0v) is 12.9. The van der Waals surface area contributed by atoms with Gasteiger partial charge in [-0.2, -0.15) is 18.3 Å². The van der Waals surface area contributed by atoms with Crippen molar-refractivity contribution < 1.29 is 18.0 Å². The largest absolute Gasteiger partial charge is 0.433 e. The molecule has 0 bridgehead atoms. The van der Waals surface area contributed by atoms with Crippen LogP contribution >= 0.6 is 0 Å². The van der Waals surface area contributed by atoms with Crippen LogP contribution in [0.5, 0.6) is 0 Å². The van der Waals surface area contributed by atoms with Gasteiger partial charge in [0.2, 0.25) is 0 Å². The van der Waals surface area contributed by atoms with E-state index in [1.54, 1.807) is 17.1 Å². The van der Waals surface area contributed by atoms with Crippen molar-refractivity contribution in [2.45, 2.75) is 12.7 Å². The number of carbonyl (C=O) groups is 1. The molecule has 0 spiro atoms. The molecule has 1 aromatic carbocycles. The van der Waals surface area contributed by atoms with Crippen molar-refractivity contribution >= 4 is 5.91 Å². The number of para-hydroxylation sites is 1. The summed E-state index contributed by atoms with van der Waals surface area (Å²) < 4.78 is 39.0. The first-order chi connectivity index (χ1) is 11.9. The fraction of sp³-hybridized carbons (Fsp3) is 0.118. The molecule has 0 fully saturated rings. The highest BCUT2D eigenvalue weighted by atomic mass is 19.4. The Labute approximate surface area is 141 Å². The second kappa shape index (κ2) is 6.76. The predicted octanol–water partition coefficient (Wildman–Crippen LogP) is 3.22. The molecule has 2 heterocycles. The molecule has 5 nitrogen and oxygen atoms in total. The number of halogens is 3. The monoisotopic (exact) mass is 346 g/mol. The van der Waals surface area contributed by atoms with Crippen molar-refractivity contribution in [2.24, 2.45) is 0 Å². The Kier molecular flexibility index (Phi) is 4.51. The molecule has 0 aliphatic rings. The van der Waals surface area contributed by atoms with E-state index in [-0.39, 0.29) is 12.1 Å². The lowest BCUT2D eigenvalue weighted by atomic mass is 10.2. The van der Waals surface area contributed by atoms with Crippen LogP contribution in [0.4, 0.5) is 13.2 Å². The molecule has 0 saturated carbocycles. The van der Waals surface area contributed by atoms with Crippen molar-refractivity contribution in [1.82, 2.24) is 20.1 Å². The van der Waals surface area contributed by atoms with E-state index in [0.717, 1.165) is 29.6 Å². The minimum Gasteiger partial charge on any atom is -0.348 e. The lowest BCUT2D eigenvalue weighted by Gasteiger charge is -2.07. The highest BCUT2D eigenvalue weighted by Crippen LogP contribution is 2.27. The Bertz CT molecular complexity index is 858. The van der Waals surface area contributed by atoms with Crippen LogP contribution in [-0.2, 0) is 12.7 Å². The number of hydrogen-bond donors (Lipinski definition) is 1. The summed E-state index contributed by atoms with van der Waals surface area (Å²) in [5.41, 5.74) is 0.667. The topological polar surface area (TPSA) is 59.8 Å². The van der Waals surface area contributed by atoms with Crippen LogP contribution in [0.2, 0.25) is 0 Å². The Balaban J connectivity index is 1.62. The average Bonchev–Trinajstić information content (AvgIpc) is 3.09. The number of nitrogens with zero attached hydrogens (tertiary/aromatic N) is 3. The second-order valence-corrected chi connectivity index (χ2v) is 5.24. The van der Waals surface area contributed by atoms with Crippen molar-refractivity contribution in [2.75, 3.05) is 0 Å². The maximum absolute atomic E-state index is 12.5. The third-order valence-corrected chi connectivity index (χ3v) is 3.43. The number of pyridine rings is 1. The lowest BCUT2D eigenvalue weighted by molar-refractivity contribution is -0.141. The Morgan fingerprint density at radius 1 is 1.08 bits per heavy atom. The zero-order chi connectivity index (χ0) is 17.9. The third-order valence-electron chi connectivity index (χ3n) is 3.43. The first kappa shape index (κ1) is 16.7. The molecule has 0 atom stereocenters. The number of carbonyl (C=O) groups excluding carboxylic acids is 1. The molecule has 0 radical (unpaired) electrons. The van der Waals surface area contributed by atoms with E-state index >= 15 is 0 Å². The number of hydrogen-bond acceptors (Lipinski definition) is 3. The van der Waals surface area contributed by atoms with Crippen molar-refractivity contribution in [3.63, 3.8) is 0 Å². The molecular weight excluding hydrogens is 333 g/mol. The Morgan fingerprint density at radius 3 is 2.48 bits per heavy atom. The number of amides is 1. The SMILES string of the molecule is O=C(NCc1cnn(-c2ccccc2)c1)c1ccc(C(F)(F)F)nc1. The number of benzene rings is 1. The van der Waals surface area contributed by atoms with E-state index < -0.39 is 17.8 Å². The minimum absolute atomic E-state index is 0.0588. The van der Waals surface area contributed by atoms with Gasteiger partial charge in [0, 0.05) is 24.5 Å². The van der Waals surface area contributed by atoms with Crippen LogP contribution < -0.4 is 5.32 Å². The van der Waals surface area contributed by atoms with Gasteiger partial charge in [0.15, 0.2) is 0 Å². The van der Waals surface area contributed by atoms with Crippen molar-refractivity contribution in [3.05, 3.63) is 77.9 Å². The van der Waals surface area contributed by atoms with Gasteiger partial charge in [-0.05, 0) is 24.3 Å². The molecule has 25 heavy (non-hydrogen) atoms. The van der Waals surface area contributed by atoms with Gasteiger partial charge in [-0.3, -0.25) is 9.78 Å². The van der Waals surface area contributed by atoms with Crippen LogP contribution in [0.25, 0.3) is 5.69 Å². The van der Waals surface area contributed by atoms with Gasteiger partial charge in [-0.15, -0.1) is 0 Å². The predicted molar refractivity (Wildman–Crippen MR) is 84.0 cm³/mol.